The Balaban J connectivity index is 3.23. The molecule has 0 fully saturated rings. The van der Waals surface area contributed by atoms with E-state index in [9.17, 15) is 9.18 Å². The van der Waals surface area contributed by atoms with E-state index in [-0.39, 0.29) is 22.6 Å². The van der Waals surface area contributed by atoms with Crippen molar-refractivity contribution in [1.29, 1.82) is 5.26 Å². The van der Waals surface area contributed by atoms with Gasteiger partial charge in [0, 0.05) is 0 Å². The number of hydrogen-bond acceptors (Lipinski definition) is 2. The standard InChI is InChI=1S/C9H5ClFNO2/c10-9-5(3-8(13)14)1-2-7(11)6(9)4-12/h1-2H,3H2,(H,13,14). The average molecular weight is 214 g/mol. The second-order valence-electron chi connectivity index (χ2n) is 2.58. The minimum Gasteiger partial charge on any atom is -0.481 e. The molecule has 0 atom stereocenters. The number of hydrogen-bond donors (Lipinski definition) is 1. The fourth-order valence-electron chi connectivity index (χ4n) is 0.998. The van der Waals surface area contributed by atoms with Crippen molar-refractivity contribution in [2.24, 2.45) is 0 Å². The van der Waals surface area contributed by atoms with E-state index in [2.05, 4.69) is 0 Å². The van der Waals surface area contributed by atoms with Crippen molar-refractivity contribution in [3.05, 3.63) is 34.1 Å². The molecule has 0 saturated carbocycles. The van der Waals surface area contributed by atoms with E-state index in [0.29, 0.717) is 0 Å². The lowest BCUT2D eigenvalue weighted by Gasteiger charge is -2.03. The van der Waals surface area contributed by atoms with Crippen LogP contribution in [-0.4, -0.2) is 11.1 Å². The lowest BCUT2D eigenvalue weighted by Crippen LogP contribution is -2.02. The molecule has 1 rings (SSSR count). The summed E-state index contributed by atoms with van der Waals surface area (Å²) in [6, 6.07) is 3.86. The first-order valence-electron chi connectivity index (χ1n) is 3.65. The zero-order valence-electron chi connectivity index (χ0n) is 6.92. The van der Waals surface area contributed by atoms with Crippen LogP contribution in [0.1, 0.15) is 11.1 Å². The van der Waals surface area contributed by atoms with Gasteiger partial charge in [-0.1, -0.05) is 17.7 Å². The zero-order valence-corrected chi connectivity index (χ0v) is 7.68. The van der Waals surface area contributed by atoms with Gasteiger partial charge in [-0.3, -0.25) is 4.79 Å². The summed E-state index contributed by atoms with van der Waals surface area (Å²) in [6.07, 6.45) is -0.326. The third-order valence-corrected chi connectivity index (χ3v) is 2.06. The quantitative estimate of drug-likeness (QED) is 0.817. The molecule has 1 N–H and O–H groups in total. The summed E-state index contributed by atoms with van der Waals surface area (Å²) in [7, 11) is 0. The molecule has 0 aliphatic rings. The summed E-state index contributed by atoms with van der Waals surface area (Å²) in [5, 5.41) is 16.9. The van der Waals surface area contributed by atoms with E-state index in [1.807, 2.05) is 0 Å². The Hall–Kier alpha value is -1.60. The largest absolute Gasteiger partial charge is 0.481 e. The number of nitrogens with zero attached hydrogens (tertiary/aromatic N) is 1. The molecular formula is C9H5ClFNO2. The highest BCUT2D eigenvalue weighted by molar-refractivity contribution is 6.32. The van der Waals surface area contributed by atoms with Gasteiger partial charge in [-0.2, -0.15) is 5.26 Å². The van der Waals surface area contributed by atoms with E-state index in [4.69, 9.17) is 22.0 Å². The van der Waals surface area contributed by atoms with Crippen LogP contribution in [0.5, 0.6) is 0 Å². The number of carboxylic acid groups (broad SMARTS) is 1. The number of carbonyl (C=O) groups is 1. The minimum absolute atomic E-state index is 0.130. The molecule has 0 saturated heterocycles. The molecule has 0 aliphatic heterocycles. The highest BCUT2D eigenvalue weighted by Crippen LogP contribution is 2.23. The molecule has 0 spiro atoms. The Morgan fingerprint density at radius 3 is 2.79 bits per heavy atom. The van der Waals surface area contributed by atoms with Gasteiger partial charge in [-0.05, 0) is 11.6 Å². The zero-order chi connectivity index (χ0) is 10.7. The Labute approximate surface area is 84.3 Å². The fourth-order valence-corrected chi connectivity index (χ4v) is 1.26. The van der Waals surface area contributed by atoms with Crippen molar-refractivity contribution in [3.63, 3.8) is 0 Å². The number of nitriles is 1. The number of rotatable bonds is 2. The third-order valence-electron chi connectivity index (χ3n) is 1.62. The minimum atomic E-state index is -1.08. The van der Waals surface area contributed by atoms with Crippen molar-refractivity contribution in [3.8, 4) is 6.07 Å². The van der Waals surface area contributed by atoms with Gasteiger partial charge in [0.1, 0.15) is 17.4 Å². The van der Waals surface area contributed by atoms with Crippen LogP contribution in [0.4, 0.5) is 4.39 Å². The molecule has 1 aromatic carbocycles. The summed E-state index contributed by atoms with van der Waals surface area (Å²) >= 11 is 5.63. The Morgan fingerprint density at radius 1 is 1.64 bits per heavy atom. The second-order valence-corrected chi connectivity index (χ2v) is 2.96. The SMILES string of the molecule is N#Cc1c(F)ccc(CC(=O)O)c1Cl. The summed E-state index contributed by atoms with van der Waals surface area (Å²) in [5.41, 5.74) is -0.0810. The first-order chi connectivity index (χ1) is 6.56. The summed E-state index contributed by atoms with van der Waals surface area (Å²) in [4.78, 5) is 10.4. The molecule has 3 nitrogen and oxygen atoms in total. The summed E-state index contributed by atoms with van der Waals surface area (Å²) in [6.45, 7) is 0. The van der Waals surface area contributed by atoms with Crippen LogP contribution in [0.2, 0.25) is 5.02 Å². The van der Waals surface area contributed by atoms with E-state index in [0.717, 1.165) is 6.07 Å². The molecule has 0 bridgehead atoms. The van der Waals surface area contributed by atoms with Gasteiger partial charge in [0.25, 0.3) is 0 Å². The van der Waals surface area contributed by atoms with Crippen LogP contribution < -0.4 is 0 Å². The molecule has 0 amide bonds. The Bertz CT molecular complexity index is 426. The van der Waals surface area contributed by atoms with E-state index >= 15 is 0 Å². The maximum Gasteiger partial charge on any atom is 0.307 e. The van der Waals surface area contributed by atoms with Gasteiger partial charge in [0.15, 0.2) is 0 Å². The van der Waals surface area contributed by atoms with Gasteiger partial charge < -0.3 is 5.11 Å². The van der Waals surface area contributed by atoms with Crippen LogP contribution in [-0.2, 0) is 11.2 Å². The van der Waals surface area contributed by atoms with Gasteiger partial charge >= 0.3 is 5.97 Å². The predicted octanol–water partition coefficient (Wildman–Crippen LogP) is 1.98. The average Bonchev–Trinajstić information content (AvgIpc) is 2.10. The van der Waals surface area contributed by atoms with Crippen LogP contribution in [0.25, 0.3) is 0 Å². The first-order valence-corrected chi connectivity index (χ1v) is 4.03. The van der Waals surface area contributed by atoms with Gasteiger partial charge in [0.05, 0.1) is 11.4 Å². The molecule has 14 heavy (non-hydrogen) atoms. The topological polar surface area (TPSA) is 61.1 Å². The Kier molecular flexibility index (Phi) is 3.05. The van der Waals surface area contributed by atoms with Gasteiger partial charge in [-0.15, -0.1) is 0 Å². The fraction of sp³-hybridized carbons (Fsp3) is 0.111. The normalized spacial score (nSPS) is 9.50. The van der Waals surface area contributed by atoms with Crippen molar-refractivity contribution >= 4 is 17.6 Å². The molecule has 0 aliphatic carbocycles. The highest BCUT2D eigenvalue weighted by atomic mass is 35.5. The second kappa shape index (κ2) is 4.07. The monoisotopic (exact) mass is 213 g/mol. The molecule has 0 unspecified atom stereocenters. The molecule has 0 heterocycles. The molecule has 1 aromatic rings. The predicted molar refractivity (Wildman–Crippen MR) is 47.5 cm³/mol. The number of aliphatic carboxylic acids is 1. The van der Waals surface area contributed by atoms with Crippen molar-refractivity contribution in [2.75, 3.05) is 0 Å². The smallest absolute Gasteiger partial charge is 0.307 e. The van der Waals surface area contributed by atoms with Crippen molar-refractivity contribution in [2.45, 2.75) is 6.42 Å². The number of benzene rings is 1. The van der Waals surface area contributed by atoms with E-state index < -0.39 is 11.8 Å². The van der Waals surface area contributed by atoms with Gasteiger partial charge in [0.2, 0.25) is 0 Å². The highest BCUT2D eigenvalue weighted by Gasteiger charge is 2.13. The van der Waals surface area contributed by atoms with E-state index in [1.165, 1.54) is 6.07 Å². The number of carboxylic acids is 1. The summed E-state index contributed by atoms with van der Waals surface area (Å²) in [5.74, 6) is -1.82. The molecule has 0 aromatic heterocycles. The van der Waals surface area contributed by atoms with Crippen molar-refractivity contribution in [1.82, 2.24) is 0 Å². The Morgan fingerprint density at radius 2 is 2.29 bits per heavy atom. The van der Waals surface area contributed by atoms with Crippen LogP contribution in [0.3, 0.4) is 0 Å². The first kappa shape index (κ1) is 10.5. The van der Waals surface area contributed by atoms with E-state index in [1.54, 1.807) is 6.07 Å². The van der Waals surface area contributed by atoms with Crippen LogP contribution >= 0.6 is 11.6 Å². The maximum atomic E-state index is 12.9. The van der Waals surface area contributed by atoms with Crippen LogP contribution in [0, 0.1) is 17.1 Å². The molecule has 5 heteroatoms. The molecule has 0 radical (unpaired) electrons. The maximum absolute atomic E-state index is 12.9. The molecule has 72 valence electrons. The van der Waals surface area contributed by atoms with Crippen LogP contribution in [0.15, 0.2) is 12.1 Å². The van der Waals surface area contributed by atoms with Gasteiger partial charge in [-0.25, -0.2) is 4.39 Å². The number of halogens is 2. The third kappa shape index (κ3) is 2.01. The lowest BCUT2D eigenvalue weighted by atomic mass is 10.1. The summed E-state index contributed by atoms with van der Waals surface area (Å²) < 4.78 is 12.9. The van der Waals surface area contributed by atoms with Crippen molar-refractivity contribution < 1.29 is 14.3 Å². The lowest BCUT2D eigenvalue weighted by molar-refractivity contribution is -0.136. The molecular weight excluding hydrogens is 209 g/mol.